The standard InChI is InChI=1S/C20H19F2N5O2/c21-13-4-3-5-14(22)19(13)27-17-10-29-9-15(12(17)8-24-27)25-20(28)18-16-6-1-2-7-26(16)11-23-18/h3-5,8,11,15H,1-2,6-7,9-10H2,(H,25,28)/t15-/m0/s1. The molecule has 9 heteroatoms. The first-order valence-corrected chi connectivity index (χ1v) is 9.57. The maximum Gasteiger partial charge on any atom is 0.272 e. The highest BCUT2D eigenvalue weighted by atomic mass is 19.1. The molecule has 0 aliphatic carbocycles. The molecule has 1 aromatic carbocycles. The normalized spacial score (nSPS) is 18.2. The number of aryl methyl sites for hydroxylation is 1. The minimum atomic E-state index is -0.716. The van der Waals surface area contributed by atoms with Gasteiger partial charge in [-0.15, -0.1) is 0 Å². The summed E-state index contributed by atoms with van der Waals surface area (Å²) < 4.78 is 37.2. The van der Waals surface area contributed by atoms with Crippen LogP contribution in [0.25, 0.3) is 5.69 Å². The van der Waals surface area contributed by atoms with Crippen LogP contribution in [0.15, 0.2) is 30.7 Å². The summed E-state index contributed by atoms with van der Waals surface area (Å²) in [5, 5.41) is 7.11. The van der Waals surface area contributed by atoms with Gasteiger partial charge in [-0.25, -0.2) is 18.4 Å². The highest BCUT2D eigenvalue weighted by Gasteiger charge is 2.30. The van der Waals surface area contributed by atoms with E-state index in [2.05, 4.69) is 15.4 Å². The fourth-order valence-electron chi connectivity index (χ4n) is 4.04. The van der Waals surface area contributed by atoms with Crippen molar-refractivity contribution in [2.75, 3.05) is 6.61 Å². The molecular weight excluding hydrogens is 380 g/mol. The van der Waals surface area contributed by atoms with Crippen LogP contribution in [0.4, 0.5) is 8.78 Å². The second-order valence-electron chi connectivity index (χ2n) is 7.26. The fraction of sp³-hybridized carbons (Fsp3) is 0.350. The summed E-state index contributed by atoms with van der Waals surface area (Å²) in [4.78, 5) is 17.1. The van der Waals surface area contributed by atoms with Gasteiger partial charge in [-0.3, -0.25) is 4.79 Å². The molecule has 150 valence electrons. The van der Waals surface area contributed by atoms with E-state index in [4.69, 9.17) is 4.74 Å². The zero-order chi connectivity index (χ0) is 20.0. The molecule has 29 heavy (non-hydrogen) atoms. The van der Waals surface area contributed by atoms with Crippen LogP contribution in [0.5, 0.6) is 0 Å². The smallest absolute Gasteiger partial charge is 0.272 e. The number of amides is 1. The van der Waals surface area contributed by atoms with Crippen LogP contribution < -0.4 is 5.32 Å². The predicted molar refractivity (Wildman–Crippen MR) is 98.5 cm³/mol. The van der Waals surface area contributed by atoms with Crippen LogP contribution in [-0.4, -0.2) is 31.8 Å². The van der Waals surface area contributed by atoms with E-state index in [1.807, 2.05) is 4.57 Å². The van der Waals surface area contributed by atoms with Gasteiger partial charge < -0.3 is 14.6 Å². The number of imidazole rings is 1. The van der Waals surface area contributed by atoms with Crippen LogP contribution in [0.2, 0.25) is 0 Å². The molecule has 1 N–H and O–H groups in total. The summed E-state index contributed by atoms with van der Waals surface area (Å²) >= 11 is 0. The Labute approximate surface area is 165 Å². The van der Waals surface area contributed by atoms with Gasteiger partial charge in [0.15, 0.2) is 11.6 Å². The first kappa shape index (κ1) is 18.0. The molecule has 2 aromatic heterocycles. The summed E-state index contributed by atoms with van der Waals surface area (Å²) in [6.07, 6.45) is 6.15. The average molecular weight is 399 g/mol. The number of nitrogens with one attached hydrogen (secondary N) is 1. The van der Waals surface area contributed by atoms with Gasteiger partial charge in [-0.2, -0.15) is 5.10 Å². The van der Waals surface area contributed by atoms with Crippen LogP contribution >= 0.6 is 0 Å². The molecule has 3 aromatic rings. The van der Waals surface area contributed by atoms with E-state index in [1.165, 1.54) is 29.1 Å². The van der Waals surface area contributed by atoms with E-state index in [0.717, 1.165) is 31.5 Å². The Morgan fingerprint density at radius 1 is 1.21 bits per heavy atom. The number of fused-ring (bicyclic) bond motifs is 2. The van der Waals surface area contributed by atoms with Gasteiger partial charge >= 0.3 is 0 Å². The van der Waals surface area contributed by atoms with E-state index in [9.17, 15) is 13.6 Å². The first-order chi connectivity index (χ1) is 14.1. The van der Waals surface area contributed by atoms with Crippen molar-refractivity contribution in [3.05, 3.63) is 65.0 Å². The number of carbonyl (C=O) groups is 1. The van der Waals surface area contributed by atoms with Gasteiger partial charge in [0, 0.05) is 12.1 Å². The molecule has 5 rings (SSSR count). The summed E-state index contributed by atoms with van der Waals surface area (Å²) in [5.74, 6) is -1.72. The van der Waals surface area contributed by atoms with Crippen molar-refractivity contribution in [2.24, 2.45) is 0 Å². The van der Waals surface area contributed by atoms with Gasteiger partial charge in [-0.1, -0.05) is 6.07 Å². The Hall–Kier alpha value is -3.07. The van der Waals surface area contributed by atoms with Crippen molar-refractivity contribution >= 4 is 5.91 Å². The zero-order valence-corrected chi connectivity index (χ0v) is 15.6. The van der Waals surface area contributed by atoms with E-state index in [0.29, 0.717) is 17.0 Å². The Bertz CT molecular complexity index is 1070. The summed E-state index contributed by atoms with van der Waals surface area (Å²) in [5.41, 5.74) is 2.30. The Kier molecular flexibility index (Phi) is 4.39. The number of carbonyl (C=O) groups excluding carboxylic acids is 1. The van der Waals surface area contributed by atoms with Crippen molar-refractivity contribution in [3.8, 4) is 5.69 Å². The van der Waals surface area contributed by atoms with Crippen LogP contribution in [-0.2, 0) is 24.3 Å². The molecule has 0 bridgehead atoms. The molecule has 0 spiro atoms. The van der Waals surface area contributed by atoms with Crippen molar-refractivity contribution in [3.63, 3.8) is 0 Å². The summed E-state index contributed by atoms with van der Waals surface area (Å²) in [7, 11) is 0. The predicted octanol–water partition coefficient (Wildman–Crippen LogP) is 2.68. The van der Waals surface area contributed by atoms with Crippen molar-refractivity contribution in [1.82, 2.24) is 24.6 Å². The number of para-hydroxylation sites is 1. The lowest BCUT2D eigenvalue weighted by atomic mass is 10.0. The molecular formula is C20H19F2N5O2. The van der Waals surface area contributed by atoms with Crippen molar-refractivity contribution in [1.29, 1.82) is 0 Å². The second kappa shape index (κ2) is 7.07. The van der Waals surface area contributed by atoms with Gasteiger partial charge in [0.1, 0.15) is 11.4 Å². The number of halogens is 2. The zero-order valence-electron chi connectivity index (χ0n) is 15.6. The van der Waals surface area contributed by atoms with Crippen LogP contribution in [0.1, 0.15) is 46.3 Å². The molecule has 1 atom stereocenters. The fourth-order valence-corrected chi connectivity index (χ4v) is 4.04. The molecule has 7 nitrogen and oxygen atoms in total. The Balaban J connectivity index is 1.44. The molecule has 0 saturated heterocycles. The van der Waals surface area contributed by atoms with E-state index >= 15 is 0 Å². The lowest BCUT2D eigenvalue weighted by molar-refractivity contribution is 0.0683. The van der Waals surface area contributed by atoms with Gasteiger partial charge in [0.25, 0.3) is 5.91 Å². The van der Waals surface area contributed by atoms with E-state index in [1.54, 1.807) is 6.33 Å². The Morgan fingerprint density at radius 3 is 2.86 bits per heavy atom. The topological polar surface area (TPSA) is 74.0 Å². The number of ether oxygens (including phenoxy) is 1. The molecule has 0 unspecified atom stereocenters. The lowest BCUT2D eigenvalue weighted by Crippen LogP contribution is -2.35. The third kappa shape index (κ3) is 3.02. The van der Waals surface area contributed by atoms with Crippen molar-refractivity contribution in [2.45, 2.75) is 38.5 Å². The minimum Gasteiger partial charge on any atom is -0.373 e. The van der Waals surface area contributed by atoms with Crippen molar-refractivity contribution < 1.29 is 18.3 Å². The highest BCUT2D eigenvalue weighted by molar-refractivity contribution is 5.93. The third-order valence-electron chi connectivity index (χ3n) is 5.48. The number of aromatic nitrogens is 4. The number of hydrogen-bond donors (Lipinski definition) is 1. The second-order valence-corrected chi connectivity index (χ2v) is 7.26. The maximum atomic E-state index is 14.2. The summed E-state index contributed by atoms with van der Waals surface area (Å²) in [6.45, 7) is 1.27. The Morgan fingerprint density at radius 2 is 2.03 bits per heavy atom. The quantitative estimate of drug-likeness (QED) is 0.735. The third-order valence-corrected chi connectivity index (χ3v) is 5.48. The van der Waals surface area contributed by atoms with Crippen LogP contribution in [0.3, 0.4) is 0 Å². The average Bonchev–Trinajstić information content (AvgIpc) is 3.33. The number of benzene rings is 1. The number of hydrogen-bond acceptors (Lipinski definition) is 4. The molecule has 2 aliphatic heterocycles. The highest BCUT2D eigenvalue weighted by Crippen LogP contribution is 2.29. The molecule has 1 amide bonds. The maximum absolute atomic E-state index is 14.2. The monoisotopic (exact) mass is 399 g/mol. The van der Waals surface area contributed by atoms with E-state index < -0.39 is 17.7 Å². The summed E-state index contributed by atoms with van der Waals surface area (Å²) in [6, 6.07) is 3.18. The number of rotatable bonds is 3. The molecule has 0 fully saturated rings. The largest absolute Gasteiger partial charge is 0.373 e. The molecule has 4 heterocycles. The first-order valence-electron chi connectivity index (χ1n) is 9.57. The van der Waals surface area contributed by atoms with E-state index in [-0.39, 0.29) is 24.8 Å². The number of nitrogens with zero attached hydrogens (tertiary/aromatic N) is 4. The lowest BCUT2D eigenvalue weighted by Gasteiger charge is -2.24. The van der Waals surface area contributed by atoms with Gasteiger partial charge in [0.2, 0.25) is 0 Å². The van der Waals surface area contributed by atoms with Crippen LogP contribution in [0, 0.1) is 11.6 Å². The minimum absolute atomic E-state index is 0.148. The SMILES string of the molecule is O=C(N[C@H]1COCc2c1cnn2-c1c(F)cccc1F)c1ncn2c1CCCC2. The molecule has 2 aliphatic rings. The molecule has 0 saturated carbocycles. The van der Waals surface area contributed by atoms with Gasteiger partial charge in [-0.05, 0) is 31.4 Å². The van der Waals surface area contributed by atoms with Gasteiger partial charge in [0.05, 0.1) is 43.2 Å². The molecule has 0 radical (unpaired) electrons.